The summed E-state index contributed by atoms with van der Waals surface area (Å²) >= 11 is 1.76. The molecule has 3 heterocycles. The van der Waals surface area contributed by atoms with Gasteiger partial charge in [-0.2, -0.15) is 5.10 Å². The number of nitrogens with one attached hydrogen (secondary N) is 1. The van der Waals surface area contributed by atoms with Crippen LogP contribution >= 0.6 is 11.3 Å². The first kappa shape index (κ1) is 13.1. The van der Waals surface area contributed by atoms with Gasteiger partial charge in [-0.25, -0.2) is 4.52 Å². The molecule has 0 saturated heterocycles. The van der Waals surface area contributed by atoms with Gasteiger partial charge in [0.2, 0.25) is 0 Å². The summed E-state index contributed by atoms with van der Waals surface area (Å²) in [6.07, 6.45) is 5.22. The molecule has 3 aromatic rings. The van der Waals surface area contributed by atoms with Crippen molar-refractivity contribution in [2.75, 3.05) is 6.54 Å². The highest BCUT2D eigenvalue weighted by Gasteiger charge is 2.03. The monoisotopic (exact) mass is 288 g/mol. The minimum Gasteiger partial charge on any atom is -0.311 e. The lowest BCUT2D eigenvalue weighted by molar-refractivity contribution is 0.585. The molecule has 3 rings (SSSR count). The molecule has 0 unspecified atom stereocenters. The maximum absolute atomic E-state index is 12.1. The molecule has 0 atom stereocenters. The van der Waals surface area contributed by atoms with E-state index in [0.29, 0.717) is 12.1 Å². The molecule has 0 aliphatic rings. The number of aromatic nitrogens is 3. The minimum atomic E-state index is -0.000829. The van der Waals surface area contributed by atoms with Gasteiger partial charge in [0.05, 0.1) is 6.20 Å². The maximum Gasteiger partial charge on any atom is 0.276 e. The van der Waals surface area contributed by atoms with E-state index in [0.717, 1.165) is 13.1 Å². The fourth-order valence-electron chi connectivity index (χ4n) is 2.12. The van der Waals surface area contributed by atoms with Gasteiger partial charge >= 0.3 is 0 Å². The predicted molar refractivity (Wildman–Crippen MR) is 80.2 cm³/mol. The zero-order chi connectivity index (χ0) is 13.9. The zero-order valence-electron chi connectivity index (χ0n) is 11.2. The van der Waals surface area contributed by atoms with E-state index in [1.165, 1.54) is 10.4 Å². The first-order valence-electron chi connectivity index (χ1n) is 6.52. The summed E-state index contributed by atoms with van der Waals surface area (Å²) in [6.45, 7) is 4.39. The first-order chi connectivity index (χ1) is 9.75. The largest absolute Gasteiger partial charge is 0.311 e. The molecule has 6 heteroatoms. The Labute approximate surface area is 120 Å². The van der Waals surface area contributed by atoms with Crippen LogP contribution in [0.5, 0.6) is 0 Å². The van der Waals surface area contributed by atoms with Crippen molar-refractivity contribution in [3.63, 3.8) is 0 Å². The van der Waals surface area contributed by atoms with Crippen LogP contribution in [0.1, 0.15) is 10.4 Å². The second-order valence-electron chi connectivity index (χ2n) is 4.66. The molecule has 0 aromatic carbocycles. The Hall–Kier alpha value is -1.92. The number of aryl methyl sites for hydroxylation is 1. The van der Waals surface area contributed by atoms with Crippen LogP contribution in [0.15, 0.2) is 40.9 Å². The average Bonchev–Trinajstić information content (AvgIpc) is 3.06. The lowest BCUT2D eigenvalue weighted by Crippen LogP contribution is -2.27. The maximum atomic E-state index is 12.1. The standard InChI is InChI=1S/C14H16N4OS/c1-11-3-9-20-13(11)10-15-5-6-17-7-8-18-12(14(17)19)2-4-16-18/h2-4,7-9,15H,5-6,10H2,1H3. The van der Waals surface area contributed by atoms with E-state index in [-0.39, 0.29) is 5.56 Å². The van der Waals surface area contributed by atoms with E-state index < -0.39 is 0 Å². The average molecular weight is 288 g/mol. The van der Waals surface area contributed by atoms with E-state index in [9.17, 15) is 4.79 Å². The summed E-state index contributed by atoms with van der Waals surface area (Å²) < 4.78 is 3.31. The van der Waals surface area contributed by atoms with Crippen LogP contribution in [0.25, 0.3) is 5.52 Å². The van der Waals surface area contributed by atoms with Gasteiger partial charge in [0.1, 0.15) is 5.52 Å². The molecule has 20 heavy (non-hydrogen) atoms. The lowest BCUT2D eigenvalue weighted by atomic mass is 10.3. The van der Waals surface area contributed by atoms with E-state index in [1.807, 2.05) is 0 Å². The molecular weight excluding hydrogens is 272 g/mol. The molecule has 0 aliphatic heterocycles. The van der Waals surface area contributed by atoms with Crippen molar-refractivity contribution in [3.8, 4) is 0 Å². The van der Waals surface area contributed by atoms with Crippen LogP contribution < -0.4 is 10.9 Å². The van der Waals surface area contributed by atoms with Crippen molar-refractivity contribution in [2.24, 2.45) is 0 Å². The van der Waals surface area contributed by atoms with Gasteiger partial charge in [0.15, 0.2) is 0 Å². The van der Waals surface area contributed by atoms with E-state index >= 15 is 0 Å². The van der Waals surface area contributed by atoms with Gasteiger partial charge in [-0.1, -0.05) is 0 Å². The van der Waals surface area contributed by atoms with Crippen molar-refractivity contribution in [3.05, 3.63) is 56.9 Å². The molecule has 5 nitrogen and oxygen atoms in total. The number of rotatable bonds is 5. The highest BCUT2D eigenvalue weighted by atomic mass is 32.1. The molecule has 1 N–H and O–H groups in total. The number of thiophene rings is 1. The molecule has 0 spiro atoms. The summed E-state index contributed by atoms with van der Waals surface area (Å²) in [4.78, 5) is 13.5. The van der Waals surface area contributed by atoms with Crippen LogP contribution in [-0.4, -0.2) is 20.7 Å². The molecule has 0 saturated carbocycles. The Kier molecular flexibility index (Phi) is 3.66. The number of hydrogen-bond acceptors (Lipinski definition) is 4. The summed E-state index contributed by atoms with van der Waals surface area (Å²) in [5.74, 6) is 0. The van der Waals surface area contributed by atoms with Crippen LogP contribution in [0.2, 0.25) is 0 Å². The number of fused-ring (bicyclic) bond motifs is 1. The SMILES string of the molecule is Cc1ccsc1CNCCn1ccn2nccc2c1=O. The van der Waals surface area contributed by atoms with Crippen LogP contribution in [0.3, 0.4) is 0 Å². The van der Waals surface area contributed by atoms with Gasteiger partial charge in [0, 0.05) is 36.9 Å². The Bertz CT molecular complexity index is 771. The highest BCUT2D eigenvalue weighted by Crippen LogP contribution is 2.14. The third-order valence-electron chi connectivity index (χ3n) is 3.32. The molecule has 3 aromatic heterocycles. The highest BCUT2D eigenvalue weighted by molar-refractivity contribution is 7.10. The summed E-state index contributed by atoms with van der Waals surface area (Å²) in [6, 6.07) is 3.86. The quantitative estimate of drug-likeness (QED) is 0.726. The molecule has 0 amide bonds. The molecule has 0 fully saturated rings. The van der Waals surface area contributed by atoms with Crippen molar-refractivity contribution >= 4 is 16.9 Å². The van der Waals surface area contributed by atoms with Crippen LogP contribution in [0.4, 0.5) is 0 Å². The zero-order valence-corrected chi connectivity index (χ0v) is 12.1. The van der Waals surface area contributed by atoms with Crippen molar-refractivity contribution in [1.29, 1.82) is 0 Å². The molecule has 0 aliphatic carbocycles. The van der Waals surface area contributed by atoms with Gasteiger partial charge < -0.3 is 9.88 Å². The van der Waals surface area contributed by atoms with Crippen LogP contribution in [0, 0.1) is 6.92 Å². The molecular formula is C14H16N4OS. The number of hydrogen-bond donors (Lipinski definition) is 1. The second kappa shape index (κ2) is 5.60. The normalized spacial score (nSPS) is 11.2. The van der Waals surface area contributed by atoms with Gasteiger partial charge in [-0.15, -0.1) is 11.3 Å². The molecule has 0 bridgehead atoms. The van der Waals surface area contributed by atoms with E-state index in [2.05, 4.69) is 28.8 Å². The summed E-state index contributed by atoms with van der Waals surface area (Å²) in [5, 5.41) is 9.53. The topological polar surface area (TPSA) is 51.3 Å². The van der Waals surface area contributed by atoms with Crippen molar-refractivity contribution in [2.45, 2.75) is 20.0 Å². The van der Waals surface area contributed by atoms with Gasteiger partial charge in [-0.05, 0) is 30.0 Å². The summed E-state index contributed by atoms with van der Waals surface area (Å²) in [7, 11) is 0. The Morgan fingerprint density at radius 3 is 3.05 bits per heavy atom. The van der Waals surface area contributed by atoms with E-state index in [1.54, 1.807) is 45.1 Å². The Morgan fingerprint density at radius 1 is 1.35 bits per heavy atom. The second-order valence-corrected chi connectivity index (χ2v) is 5.66. The number of nitrogens with zero attached hydrogens (tertiary/aromatic N) is 3. The van der Waals surface area contributed by atoms with Gasteiger partial charge in [0.25, 0.3) is 5.56 Å². The lowest BCUT2D eigenvalue weighted by Gasteiger charge is -2.07. The molecule has 0 radical (unpaired) electrons. The first-order valence-corrected chi connectivity index (χ1v) is 7.40. The van der Waals surface area contributed by atoms with Crippen molar-refractivity contribution in [1.82, 2.24) is 19.5 Å². The van der Waals surface area contributed by atoms with Crippen molar-refractivity contribution < 1.29 is 0 Å². The summed E-state index contributed by atoms with van der Waals surface area (Å²) in [5.41, 5.74) is 1.93. The molecule has 104 valence electrons. The smallest absolute Gasteiger partial charge is 0.276 e. The third-order valence-corrected chi connectivity index (χ3v) is 4.34. The van der Waals surface area contributed by atoms with E-state index in [4.69, 9.17) is 0 Å². The fraction of sp³-hybridized carbons (Fsp3) is 0.286. The third kappa shape index (κ3) is 2.52. The van der Waals surface area contributed by atoms with Crippen LogP contribution in [-0.2, 0) is 13.1 Å². The predicted octanol–water partition coefficient (Wildman–Crippen LogP) is 1.66. The Balaban J connectivity index is 1.61. The fourth-order valence-corrected chi connectivity index (χ4v) is 3.00. The van der Waals surface area contributed by atoms with Gasteiger partial charge in [-0.3, -0.25) is 4.79 Å². The minimum absolute atomic E-state index is 0.000829. The Morgan fingerprint density at radius 2 is 2.25 bits per heavy atom.